The predicted molar refractivity (Wildman–Crippen MR) is 44.4 cm³/mol. The normalized spacial score (nSPS) is 33.4. The van der Waals surface area contributed by atoms with Crippen molar-refractivity contribution in [2.75, 3.05) is 0 Å². The maximum atomic E-state index is 11.3. The highest BCUT2D eigenvalue weighted by Crippen LogP contribution is 2.19. The van der Waals surface area contributed by atoms with Crippen molar-refractivity contribution >= 4 is 17.7 Å². The molecule has 1 unspecified atom stereocenters. The molecular weight excluding hydrogens is 190 g/mol. The number of hydrogen-bond acceptors (Lipinski definition) is 4. The van der Waals surface area contributed by atoms with Crippen LogP contribution in [0.5, 0.6) is 0 Å². The number of Topliss-reactive ketones (excluding diaryl/α,β-unsaturated/α-hetero) is 1. The van der Waals surface area contributed by atoms with Crippen molar-refractivity contribution in [1.29, 1.82) is 0 Å². The largest absolute Gasteiger partial charge is 0.479 e. The number of nitrogens with one attached hydrogen (secondary N) is 1. The number of amides is 1. The lowest BCUT2D eigenvalue weighted by Gasteiger charge is -2.17. The molecule has 14 heavy (non-hydrogen) atoms. The summed E-state index contributed by atoms with van der Waals surface area (Å²) in [4.78, 5) is 32.9. The minimum absolute atomic E-state index is 0.261. The lowest BCUT2D eigenvalue weighted by atomic mass is 9.95. The van der Waals surface area contributed by atoms with Crippen LogP contribution in [0.25, 0.3) is 0 Å². The molecule has 0 aromatic carbocycles. The van der Waals surface area contributed by atoms with Gasteiger partial charge in [0, 0.05) is 6.42 Å². The summed E-state index contributed by atoms with van der Waals surface area (Å²) in [7, 11) is 0. The van der Waals surface area contributed by atoms with Crippen LogP contribution in [0.3, 0.4) is 0 Å². The fourth-order valence-corrected chi connectivity index (χ4v) is 1.38. The maximum Gasteiger partial charge on any atom is 0.334 e. The minimum Gasteiger partial charge on any atom is -0.479 e. The minimum atomic E-state index is -1.53. The van der Waals surface area contributed by atoms with Crippen LogP contribution < -0.4 is 5.32 Å². The van der Waals surface area contributed by atoms with Gasteiger partial charge in [0.1, 0.15) is 0 Å². The average molecular weight is 201 g/mol. The van der Waals surface area contributed by atoms with Crippen molar-refractivity contribution < 1.29 is 24.6 Å². The Morgan fingerprint density at radius 3 is 2.57 bits per heavy atom. The Morgan fingerprint density at radius 2 is 2.07 bits per heavy atom. The summed E-state index contributed by atoms with van der Waals surface area (Å²) < 4.78 is 0. The molecule has 78 valence electrons. The number of carboxylic acid groups (broad SMARTS) is 1. The summed E-state index contributed by atoms with van der Waals surface area (Å²) in [6.07, 6.45) is -0.592. The molecule has 0 radical (unpaired) electrons. The van der Waals surface area contributed by atoms with E-state index in [9.17, 15) is 19.5 Å². The molecule has 0 saturated carbocycles. The van der Waals surface area contributed by atoms with E-state index in [1.807, 2.05) is 5.32 Å². The van der Waals surface area contributed by atoms with Gasteiger partial charge in [-0.2, -0.15) is 0 Å². The molecule has 3 N–H and O–H groups in total. The molecule has 0 aliphatic carbocycles. The smallest absolute Gasteiger partial charge is 0.334 e. The van der Waals surface area contributed by atoms with Crippen LogP contribution in [0.4, 0.5) is 0 Å². The summed E-state index contributed by atoms with van der Waals surface area (Å²) in [5, 5.41) is 20.2. The van der Waals surface area contributed by atoms with E-state index in [1.165, 1.54) is 6.92 Å². The van der Waals surface area contributed by atoms with E-state index in [1.54, 1.807) is 0 Å². The first-order valence-corrected chi connectivity index (χ1v) is 4.09. The molecule has 0 spiro atoms. The molecule has 1 rings (SSSR count). The third-order valence-corrected chi connectivity index (χ3v) is 1.97. The van der Waals surface area contributed by atoms with Crippen molar-refractivity contribution in [2.45, 2.75) is 31.4 Å². The number of hydrogen-bond donors (Lipinski definition) is 3. The third-order valence-electron chi connectivity index (χ3n) is 1.97. The molecule has 1 saturated heterocycles. The maximum absolute atomic E-state index is 11.3. The Bertz CT molecular complexity index is 296. The monoisotopic (exact) mass is 201 g/mol. The van der Waals surface area contributed by atoms with Crippen molar-refractivity contribution in [1.82, 2.24) is 5.32 Å². The van der Waals surface area contributed by atoms with Gasteiger partial charge in [-0.1, -0.05) is 0 Å². The Balaban J connectivity index is 2.90. The number of aliphatic hydroxyl groups is 1. The lowest BCUT2D eigenvalue weighted by Crippen LogP contribution is -2.44. The van der Waals surface area contributed by atoms with Crippen molar-refractivity contribution in [3.05, 3.63) is 0 Å². The summed E-state index contributed by atoms with van der Waals surface area (Å²) >= 11 is 0. The van der Waals surface area contributed by atoms with Gasteiger partial charge in [0.15, 0.2) is 11.8 Å². The number of carbonyl (C=O) groups excluding carboxylic acids is 2. The van der Waals surface area contributed by atoms with Crippen LogP contribution in [0, 0.1) is 0 Å². The quantitative estimate of drug-likeness (QED) is 0.456. The van der Waals surface area contributed by atoms with Gasteiger partial charge in [-0.3, -0.25) is 9.59 Å². The topological polar surface area (TPSA) is 104 Å². The zero-order valence-corrected chi connectivity index (χ0v) is 7.61. The Hall–Kier alpha value is -1.43. The van der Waals surface area contributed by atoms with E-state index < -0.39 is 29.3 Å². The van der Waals surface area contributed by atoms with Gasteiger partial charge in [0.25, 0.3) is 0 Å². The number of carbonyl (C=O) groups is 3. The second-order valence-corrected chi connectivity index (χ2v) is 3.66. The van der Waals surface area contributed by atoms with E-state index in [4.69, 9.17) is 5.11 Å². The Kier molecular flexibility index (Phi) is 2.57. The van der Waals surface area contributed by atoms with Gasteiger partial charge in [0.2, 0.25) is 5.91 Å². The molecule has 1 fully saturated rings. The molecule has 6 nitrogen and oxygen atoms in total. The summed E-state index contributed by atoms with van der Waals surface area (Å²) in [5.74, 6) is -2.72. The highest BCUT2D eigenvalue weighted by Gasteiger charge is 2.39. The Morgan fingerprint density at radius 1 is 1.50 bits per heavy atom. The van der Waals surface area contributed by atoms with E-state index in [-0.39, 0.29) is 12.8 Å². The molecule has 1 aliphatic heterocycles. The Labute approximate surface area is 79.9 Å². The van der Waals surface area contributed by atoms with E-state index in [0.717, 1.165) is 0 Å². The predicted octanol–water partition coefficient (Wildman–Crippen LogP) is -1.33. The van der Waals surface area contributed by atoms with E-state index in [2.05, 4.69) is 0 Å². The van der Waals surface area contributed by atoms with Crippen LogP contribution in [-0.4, -0.2) is 39.5 Å². The van der Waals surface area contributed by atoms with Gasteiger partial charge in [0.05, 0.1) is 12.0 Å². The second kappa shape index (κ2) is 3.38. The van der Waals surface area contributed by atoms with Gasteiger partial charge in [-0.15, -0.1) is 0 Å². The fourth-order valence-electron chi connectivity index (χ4n) is 1.38. The SMILES string of the molecule is CC1(O)CC(=O)N[C@H](C(=O)O)C(=O)C1. The van der Waals surface area contributed by atoms with Crippen LogP contribution in [0.15, 0.2) is 0 Å². The number of rotatable bonds is 1. The summed E-state index contributed by atoms with van der Waals surface area (Å²) in [6.45, 7) is 1.33. The van der Waals surface area contributed by atoms with Crippen LogP contribution in [0.1, 0.15) is 19.8 Å². The molecule has 2 atom stereocenters. The fraction of sp³-hybridized carbons (Fsp3) is 0.625. The standard InChI is InChI=1S/C8H11NO5/c1-8(14)2-4(10)6(7(12)13)9-5(11)3-8/h6,14H,2-3H2,1H3,(H,9,11)(H,12,13)/t6-,8?/m0/s1. The molecular formula is C8H11NO5. The first-order chi connectivity index (χ1) is 6.32. The van der Waals surface area contributed by atoms with Crippen LogP contribution >= 0.6 is 0 Å². The van der Waals surface area contributed by atoms with Gasteiger partial charge in [-0.05, 0) is 6.92 Å². The van der Waals surface area contributed by atoms with Crippen molar-refractivity contribution in [3.63, 3.8) is 0 Å². The first-order valence-electron chi connectivity index (χ1n) is 4.09. The van der Waals surface area contributed by atoms with E-state index >= 15 is 0 Å². The third kappa shape index (κ3) is 2.29. The number of ketones is 1. The average Bonchev–Trinajstić information content (AvgIpc) is 2.05. The zero-order chi connectivity index (χ0) is 10.9. The number of aliphatic carboxylic acids is 1. The molecule has 1 aliphatic rings. The molecule has 0 bridgehead atoms. The van der Waals surface area contributed by atoms with Gasteiger partial charge < -0.3 is 15.5 Å². The van der Waals surface area contributed by atoms with Crippen molar-refractivity contribution in [2.24, 2.45) is 0 Å². The van der Waals surface area contributed by atoms with Gasteiger partial charge in [-0.25, -0.2) is 4.79 Å². The second-order valence-electron chi connectivity index (χ2n) is 3.66. The molecule has 1 heterocycles. The van der Waals surface area contributed by atoms with Gasteiger partial charge >= 0.3 is 5.97 Å². The summed E-state index contributed by atoms with van der Waals surface area (Å²) in [5.41, 5.74) is -1.45. The van der Waals surface area contributed by atoms with Crippen LogP contribution in [-0.2, 0) is 14.4 Å². The lowest BCUT2D eigenvalue weighted by molar-refractivity contribution is -0.145. The highest BCUT2D eigenvalue weighted by atomic mass is 16.4. The number of carboxylic acids is 1. The molecule has 0 aromatic rings. The van der Waals surface area contributed by atoms with Crippen LogP contribution in [0.2, 0.25) is 0 Å². The first kappa shape index (κ1) is 10.6. The highest BCUT2D eigenvalue weighted by molar-refractivity contribution is 6.06. The zero-order valence-electron chi connectivity index (χ0n) is 7.61. The molecule has 6 heteroatoms. The van der Waals surface area contributed by atoms with Crippen molar-refractivity contribution in [3.8, 4) is 0 Å². The molecule has 0 aromatic heterocycles. The van der Waals surface area contributed by atoms with E-state index in [0.29, 0.717) is 0 Å². The molecule has 1 amide bonds. The summed E-state index contributed by atoms with van der Waals surface area (Å²) in [6, 6.07) is -1.53.